The van der Waals surface area contributed by atoms with Crippen molar-refractivity contribution in [2.24, 2.45) is 13.0 Å². The molecule has 2 aromatic rings. The molecule has 4 rings (SSSR count). The van der Waals surface area contributed by atoms with Gasteiger partial charge in [-0.25, -0.2) is 13.8 Å². The highest BCUT2D eigenvalue weighted by Crippen LogP contribution is 2.32. The number of amides is 1. The fourth-order valence-electron chi connectivity index (χ4n) is 4.49. The second-order valence-corrected chi connectivity index (χ2v) is 10.1. The zero-order chi connectivity index (χ0) is 22.7. The minimum Gasteiger partial charge on any atom is -0.464 e. The maximum atomic E-state index is 13.0. The molecule has 0 radical (unpaired) electrons. The van der Waals surface area contributed by atoms with Crippen LogP contribution in [0.3, 0.4) is 0 Å². The summed E-state index contributed by atoms with van der Waals surface area (Å²) >= 11 is 1.40. The Balaban J connectivity index is 1.18. The minimum atomic E-state index is -2.85. The number of carbonyl (C=O) groups excluding carboxylic acids is 1. The van der Waals surface area contributed by atoms with Crippen LogP contribution in [0.4, 0.5) is 8.78 Å². The van der Waals surface area contributed by atoms with E-state index in [0.29, 0.717) is 16.8 Å². The third-order valence-corrected chi connectivity index (χ3v) is 7.40. The lowest BCUT2D eigenvalue weighted by Gasteiger charge is -2.32. The Morgan fingerprint density at radius 2 is 2.12 bits per heavy atom. The second kappa shape index (κ2) is 9.82. The van der Waals surface area contributed by atoms with E-state index in [0.717, 1.165) is 75.7 Å². The number of aromatic nitrogens is 3. The number of nitrogens with one attached hydrogen (secondary N) is 1. The van der Waals surface area contributed by atoms with Gasteiger partial charge in [0.15, 0.2) is 6.61 Å². The van der Waals surface area contributed by atoms with Crippen LogP contribution in [0.2, 0.25) is 0 Å². The number of carbonyl (C=O) groups is 1. The summed E-state index contributed by atoms with van der Waals surface area (Å²) in [5.74, 6) is -2.23. The molecule has 2 aliphatic rings. The molecule has 1 aliphatic carbocycles. The summed E-state index contributed by atoms with van der Waals surface area (Å²) < 4.78 is 32.8. The summed E-state index contributed by atoms with van der Waals surface area (Å²) in [6.07, 6.45) is 7.92. The van der Waals surface area contributed by atoms with Crippen molar-refractivity contribution in [2.45, 2.75) is 64.0 Å². The summed E-state index contributed by atoms with van der Waals surface area (Å²) in [7, 11) is 1.78. The lowest BCUT2D eigenvalue weighted by atomic mass is 9.84. The average molecular weight is 468 g/mol. The summed E-state index contributed by atoms with van der Waals surface area (Å²) in [5.41, 5.74) is 1.56. The van der Waals surface area contributed by atoms with E-state index < -0.39 is 12.5 Å². The average Bonchev–Trinajstić information content (AvgIpc) is 3.36. The van der Waals surface area contributed by atoms with E-state index in [1.807, 2.05) is 0 Å². The normalized spacial score (nSPS) is 21.9. The molecule has 10 heteroatoms. The van der Waals surface area contributed by atoms with E-state index in [2.05, 4.69) is 20.3 Å². The van der Waals surface area contributed by atoms with Crippen molar-refractivity contribution in [3.05, 3.63) is 28.5 Å². The number of rotatable bonds is 8. The molecule has 7 nitrogen and oxygen atoms in total. The Kier molecular flexibility index (Phi) is 7.09. The SMILES string of the molecule is Cn1nccc1C(=O)NC1CCC(CCN2CCc3sc(OCC(C)(F)F)nc3C2)CC1. The number of aryl methyl sites for hydroxylation is 1. The molecule has 176 valence electrons. The fourth-order valence-corrected chi connectivity index (χ4v) is 5.39. The van der Waals surface area contributed by atoms with Crippen LogP contribution < -0.4 is 10.1 Å². The highest BCUT2D eigenvalue weighted by Gasteiger charge is 2.27. The maximum absolute atomic E-state index is 13.0. The van der Waals surface area contributed by atoms with Crippen molar-refractivity contribution < 1.29 is 18.3 Å². The minimum absolute atomic E-state index is 0.0492. The number of ether oxygens (including phenoxy) is 1. The topological polar surface area (TPSA) is 72.3 Å². The van der Waals surface area contributed by atoms with Gasteiger partial charge in [0, 0.05) is 44.2 Å². The third-order valence-electron chi connectivity index (χ3n) is 6.33. The number of nitrogens with zero attached hydrogens (tertiary/aromatic N) is 4. The van der Waals surface area contributed by atoms with Gasteiger partial charge >= 0.3 is 0 Å². The molecule has 0 aromatic carbocycles. The van der Waals surface area contributed by atoms with Crippen LogP contribution in [0.25, 0.3) is 0 Å². The second-order valence-electron chi connectivity index (χ2n) is 9.05. The molecule has 32 heavy (non-hydrogen) atoms. The van der Waals surface area contributed by atoms with Gasteiger partial charge in [0.25, 0.3) is 17.0 Å². The lowest BCUT2D eigenvalue weighted by Crippen LogP contribution is -2.39. The van der Waals surface area contributed by atoms with Crippen molar-refractivity contribution in [1.82, 2.24) is 25.0 Å². The largest absolute Gasteiger partial charge is 0.464 e. The molecule has 2 aromatic heterocycles. The summed E-state index contributed by atoms with van der Waals surface area (Å²) in [4.78, 5) is 20.4. The molecule has 1 fully saturated rings. The van der Waals surface area contributed by atoms with Gasteiger partial charge in [0.1, 0.15) is 5.69 Å². The van der Waals surface area contributed by atoms with Crippen LogP contribution in [-0.2, 0) is 20.0 Å². The number of alkyl halides is 2. The monoisotopic (exact) mass is 467 g/mol. The van der Waals surface area contributed by atoms with E-state index >= 15 is 0 Å². The van der Waals surface area contributed by atoms with Crippen molar-refractivity contribution in [3.63, 3.8) is 0 Å². The Hall–Kier alpha value is -2.07. The van der Waals surface area contributed by atoms with Gasteiger partial charge in [-0.2, -0.15) is 5.10 Å². The Bertz CT molecular complexity index is 918. The first-order valence-corrected chi connectivity index (χ1v) is 12.1. The van der Waals surface area contributed by atoms with Crippen molar-refractivity contribution >= 4 is 17.2 Å². The summed E-state index contributed by atoms with van der Waals surface area (Å²) in [6, 6.07) is 1.97. The smallest absolute Gasteiger partial charge is 0.278 e. The van der Waals surface area contributed by atoms with Crippen LogP contribution in [-0.4, -0.2) is 57.2 Å². The Labute approximate surface area is 191 Å². The number of hydrogen-bond acceptors (Lipinski definition) is 6. The predicted molar refractivity (Wildman–Crippen MR) is 118 cm³/mol. The molecule has 0 atom stereocenters. The van der Waals surface area contributed by atoms with Gasteiger partial charge in [-0.1, -0.05) is 11.3 Å². The number of hydrogen-bond donors (Lipinski definition) is 1. The standard InChI is InChI=1S/C22H31F2N5O2S/c1-22(23,24)14-31-21-27-17-13-29(12-9-19(17)32-21)11-8-15-3-5-16(6-4-15)26-20(30)18-7-10-25-28(18)2/h7,10,15-16H,3-6,8-9,11-14H2,1-2H3,(H,26,30). The van der Waals surface area contributed by atoms with Crippen LogP contribution in [0.15, 0.2) is 12.3 Å². The Morgan fingerprint density at radius 1 is 1.34 bits per heavy atom. The first-order valence-electron chi connectivity index (χ1n) is 11.3. The molecule has 1 N–H and O–H groups in total. The molecule has 1 amide bonds. The van der Waals surface area contributed by atoms with Crippen molar-refractivity contribution in [3.8, 4) is 5.19 Å². The maximum Gasteiger partial charge on any atom is 0.278 e. The predicted octanol–water partition coefficient (Wildman–Crippen LogP) is 3.65. The van der Waals surface area contributed by atoms with Gasteiger partial charge in [-0.05, 0) is 57.1 Å². The van der Waals surface area contributed by atoms with Gasteiger partial charge < -0.3 is 10.1 Å². The van der Waals surface area contributed by atoms with Crippen LogP contribution in [0.5, 0.6) is 5.19 Å². The third kappa shape index (κ3) is 6.04. The zero-order valence-electron chi connectivity index (χ0n) is 18.6. The number of thiazole rings is 1. The molecule has 0 unspecified atom stereocenters. The molecule has 1 aliphatic heterocycles. The molecule has 0 saturated heterocycles. The summed E-state index contributed by atoms with van der Waals surface area (Å²) in [5, 5.41) is 7.55. The molecule has 0 spiro atoms. The van der Waals surface area contributed by atoms with Crippen molar-refractivity contribution in [2.75, 3.05) is 19.7 Å². The highest BCUT2D eigenvalue weighted by atomic mass is 32.1. The molecular weight excluding hydrogens is 436 g/mol. The summed E-state index contributed by atoms with van der Waals surface area (Å²) in [6.45, 7) is 2.96. The fraction of sp³-hybridized carbons (Fsp3) is 0.682. The van der Waals surface area contributed by atoms with Crippen molar-refractivity contribution in [1.29, 1.82) is 0 Å². The van der Waals surface area contributed by atoms with Crippen LogP contribution in [0.1, 0.15) is 60.1 Å². The first kappa shape index (κ1) is 23.1. The quantitative estimate of drug-likeness (QED) is 0.642. The van der Waals surface area contributed by atoms with E-state index in [1.54, 1.807) is 24.0 Å². The van der Waals surface area contributed by atoms with E-state index in [4.69, 9.17) is 4.74 Å². The highest BCUT2D eigenvalue weighted by molar-refractivity contribution is 7.13. The number of halogens is 2. The first-order chi connectivity index (χ1) is 15.3. The van der Waals surface area contributed by atoms with Gasteiger partial charge in [0.2, 0.25) is 0 Å². The Morgan fingerprint density at radius 3 is 2.81 bits per heavy atom. The van der Waals surface area contributed by atoms with Gasteiger partial charge in [-0.15, -0.1) is 0 Å². The van der Waals surface area contributed by atoms with E-state index in [1.165, 1.54) is 11.3 Å². The van der Waals surface area contributed by atoms with Gasteiger partial charge in [-0.3, -0.25) is 14.4 Å². The molecule has 1 saturated carbocycles. The molecule has 3 heterocycles. The molecular formula is C22H31F2N5O2S. The number of fused-ring (bicyclic) bond motifs is 1. The van der Waals surface area contributed by atoms with E-state index in [-0.39, 0.29) is 11.9 Å². The zero-order valence-corrected chi connectivity index (χ0v) is 19.5. The van der Waals surface area contributed by atoms with Crippen LogP contribution >= 0.6 is 11.3 Å². The van der Waals surface area contributed by atoms with E-state index in [9.17, 15) is 13.6 Å². The molecule has 0 bridgehead atoms. The lowest BCUT2D eigenvalue weighted by molar-refractivity contribution is -0.0230. The van der Waals surface area contributed by atoms with Crippen LogP contribution in [0, 0.1) is 5.92 Å². The van der Waals surface area contributed by atoms with Gasteiger partial charge in [0.05, 0.1) is 5.69 Å².